The molecule has 22 heavy (non-hydrogen) atoms. The summed E-state index contributed by atoms with van der Waals surface area (Å²) < 4.78 is 76.6. The molecule has 0 saturated carbocycles. The average molecular weight is 326 g/mol. The van der Waals surface area contributed by atoms with E-state index in [-0.39, 0.29) is 24.1 Å². The summed E-state index contributed by atoms with van der Waals surface area (Å²) in [5, 5.41) is 0. The van der Waals surface area contributed by atoms with Crippen molar-refractivity contribution in [3.8, 4) is 0 Å². The molecular weight excluding hydrogens is 310 g/mol. The summed E-state index contributed by atoms with van der Waals surface area (Å²) in [6, 6.07) is 1.71. The number of nitrogens with zero attached hydrogens (tertiary/aromatic N) is 1. The standard InChI is InChI=1S/C14H16F6N2/c15-13(16,17)11-3-10(4-12(5-11)14(18,19)20)8-22-2-1-9(6-21)7-22/h3-5,9H,1-2,6-8,21H2. The van der Waals surface area contributed by atoms with Crippen molar-refractivity contribution in [3.05, 3.63) is 34.9 Å². The molecule has 0 aromatic heterocycles. The van der Waals surface area contributed by atoms with Crippen molar-refractivity contribution in [2.24, 2.45) is 11.7 Å². The quantitative estimate of drug-likeness (QED) is 0.862. The first-order valence-electron chi connectivity index (χ1n) is 6.80. The Labute approximate surface area is 123 Å². The maximum Gasteiger partial charge on any atom is 0.416 e. The van der Waals surface area contributed by atoms with E-state index in [1.807, 2.05) is 4.90 Å². The van der Waals surface area contributed by atoms with Gasteiger partial charge in [0.25, 0.3) is 0 Å². The molecule has 2 nitrogen and oxygen atoms in total. The van der Waals surface area contributed by atoms with Crippen LogP contribution in [0.3, 0.4) is 0 Å². The van der Waals surface area contributed by atoms with Gasteiger partial charge in [-0.05, 0) is 49.2 Å². The lowest BCUT2D eigenvalue weighted by atomic mass is 10.0. The maximum absolute atomic E-state index is 12.8. The van der Waals surface area contributed by atoms with E-state index < -0.39 is 23.5 Å². The van der Waals surface area contributed by atoms with Crippen LogP contribution in [-0.2, 0) is 18.9 Å². The van der Waals surface area contributed by atoms with Gasteiger partial charge in [-0.1, -0.05) is 0 Å². The third-order valence-electron chi connectivity index (χ3n) is 3.76. The van der Waals surface area contributed by atoms with Crippen LogP contribution in [0.2, 0.25) is 0 Å². The van der Waals surface area contributed by atoms with E-state index in [2.05, 4.69) is 0 Å². The van der Waals surface area contributed by atoms with Crippen LogP contribution in [0.4, 0.5) is 26.3 Å². The molecule has 1 fully saturated rings. The van der Waals surface area contributed by atoms with Crippen LogP contribution in [0.25, 0.3) is 0 Å². The van der Waals surface area contributed by atoms with Gasteiger partial charge in [0.15, 0.2) is 0 Å². The second-order valence-electron chi connectivity index (χ2n) is 5.54. The number of benzene rings is 1. The highest BCUT2D eigenvalue weighted by molar-refractivity contribution is 5.33. The van der Waals surface area contributed by atoms with Crippen LogP contribution in [0, 0.1) is 5.92 Å². The summed E-state index contributed by atoms with van der Waals surface area (Å²) in [5.74, 6) is 0.243. The molecule has 1 aromatic carbocycles. The van der Waals surface area contributed by atoms with E-state index in [4.69, 9.17) is 5.73 Å². The Hall–Kier alpha value is -1.28. The molecule has 1 aliphatic rings. The van der Waals surface area contributed by atoms with Gasteiger partial charge in [-0.3, -0.25) is 4.90 Å². The molecule has 0 aliphatic carbocycles. The minimum atomic E-state index is -4.80. The highest BCUT2D eigenvalue weighted by atomic mass is 19.4. The van der Waals surface area contributed by atoms with Crippen molar-refractivity contribution >= 4 is 0 Å². The van der Waals surface area contributed by atoms with E-state index in [9.17, 15) is 26.3 Å². The molecule has 1 aliphatic heterocycles. The number of nitrogens with two attached hydrogens (primary N) is 1. The van der Waals surface area contributed by atoms with Crippen LogP contribution >= 0.6 is 0 Å². The maximum atomic E-state index is 12.8. The van der Waals surface area contributed by atoms with Crippen molar-refractivity contribution in [1.82, 2.24) is 4.90 Å². The molecular formula is C14H16F6N2. The zero-order valence-electron chi connectivity index (χ0n) is 11.6. The summed E-state index contributed by atoms with van der Waals surface area (Å²) in [7, 11) is 0. The van der Waals surface area contributed by atoms with Crippen molar-refractivity contribution in [3.63, 3.8) is 0 Å². The van der Waals surface area contributed by atoms with E-state index in [0.29, 0.717) is 19.6 Å². The van der Waals surface area contributed by atoms with Crippen LogP contribution in [0.5, 0.6) is 0 Å². The number of likely N-dealkylation sites (tertiary alicyclic amines) is 1. The Kier molecular flexibility index (Phi) is 4.72. The fourth-order valence-electron chi connectivity index (χ4n) is 2.62. The van der Waals surface area contributed by atoms with Crippen LogP contribution in [-0.4, -0.2) is 24.5 Å². The molecule has 0 amide bonds. The monoisotopic (exact) mass is 326 g/mol. The molecule has 1 unspecified atom stereocenters. The Morgan fingerprint density at radius 2 is 1.55 bits per heavy atom. The first-order chi connectivity index (χ1) is 10.1. The van der Waals surface area contributed by atoms with E-state index in [1.165, 1.54) is 0 Å². The van der Waals surface area contributed by atoms with Gasteiger partial charge >= 0.3 is 12.4 Å². The third-order valence-corrected chi connectivity index (χ3v) is 3.76. The van der Waals surface area contributed by atoms with Gasteiger partial charge in [0.05, 0.1) is 11.1 Å². The molecule has 1 saturated heterocycles. The summed E-state index contributed by atoms with van der Waals surface area (Å²) in [4.78, 5) is 1.83. The molecule has 8 heteroatoms. The van der Waals surface area contributed by atoms with Crippen LogP contribution < -0.4 is 5.73 Å². The van der Waals surface area contributed by atoms with Crippen LogP contribution in [0.1, 0.15) is 23.1 Å². The number of rotatable bonds is 3. The summed E-state index contributed by atoms with van der Waals surface area (Å²) >= 11 is 0. The minimum absolute atomic E-state index is 0.0137. The number of hydrogen-bond donors (Lipinski definition) is 1. The normalized spacial score (nSPS) is 20.6. The predicted octanol–water partition coefficient (Wildman–Crippen LogP) is 3.50. The summed E-state index contributed by atoms with van der Waals surface area (Å²) in [5.41, 5.74) is 3.00. The molecule has 2 N–H and O–H groups in total. The molecule has 1 atom stereocenters. The Morgan fingerprint density at radius 1 is 1.00 bits per heavy atom. The van der Waals surface area contributed by atoms with Gasteiger partial charge < -0.3 is 5.73 Å². The molecule has 1 heterocycles. The Bertz CT molecular complexity index is 491. The largest absolute Gasteiger partial charge is 0.416 e. The van der Waals surface area contributed by atoms with E-state index in [1.54, 1.807) is 0 Å². The fourth-order valence-corrected chi connectivity index (χ4v) is 2.62. The molecule has 0 radical (unpaired) electrons. The smallest absolute Gasteiger partial charge is 0.330 e. The molecule has 0 bridgehead atoms. The first kappa shape index (κ1) is 17.1. The number of halogens is 6. The van der Waals surface area contributed by atoms with Gasteiger partial charge in [0.1, 0.15) is 0 Å². The van der Waals surface area contributed by atoms with E-state index >= 15 is 0 Å². The predicted molar refractivity (Wildman–Crippen MR) is 68.9 cm³/mol. The number of alkyl halides is 6. The van der Waals surface area contributed by atoms with E-state index in [0.717, 1.165) is 18.6 Å². The molecule has 2 rings (SSSR count). The second kappa shape index (κ2) is 6.08. The van der Waals surface area contributed by atoms with Gasteiger partial charge in [0, 0.05) is 13.1 Å². The number of hydrogen-bond acceptors (Lipinski definition) is 2. The molecule has 0 spiro atoms. The van der Waals surface area contributed by atoms with Crippen molar-refractivity contribution in [1.29, 1.82) is 0 Å². The zero-order chi connectivity index (χ0) is 16.5. The fraction of sp³-hybridized carbons (Fsp3) is 0.571. The SMILES string of the molecule is NCC1CCN(Cc2cc(C(F)(F)F)cc(C(F)(F)F)c2)C1. The van der Waals surface area contributed by atoms with Crippen molar-refractivity contribution in [2.45, 2.75) is 25.3 Å². The zero-order valence-corrected chi connectivity index (χ0v) is 11.6. The van der Waals surface area contributed by atoms with Crippen molar-refractivity contribution in [2.75, 3.05) is 19.6 Å². The van der Waals surface area contributed by atoms with Gasteiger partial charge in [-0.2, -0.15) is 26.3 Å². The Balaban J connectivity index is 2.27. The highest BCUT2D eigenvalue weighted by Gasteiger charge is 2.37. The summed E-state index contributed by atoms with van der Waals surface area (Å²) in [6.45, 7) is 1.74. The minimum Gasteiger partial charge on any atom is -0.330 e. The summed E-state index contributed by atoms with van der Waals surface area (Å²) in [6.07, 6.45) is -8.80. The van der Waals surface area contributed by atoms with Crippen LogP contribution in [0.15, 0.2) is 18.2 Å². The lowest BCUT2D eigenvalue weighted by Crippen LogP contribution is -2.23. The third kappa shape index (κ3) is 4.13. The second-order valence-corrected chi connectivity index (χ2v) is 5.54. The first-order valence-corrected chi connectivity index (χ1v) is 6.80. The molecule has 1 aromatic rings. The van der Waals surface area contributed by atoms with Gasteiger partial charge in [0.2, 0.25) is 0 Å². The molecule has 124 valence electrons. The lowest BCUT2D eigenvalue weighted by molar-refractivity contribution is -0.143. The van der Waals surface area contributed by atoms with Crippen molar-refractivity contribution < 1.29 is 26.3 Å². The topological polar surface area (TPSA) is 29.3 Å². The van der Waals surface area contributed by atoms with Gasteiger partial charge in [-0.25, -0.2) is 0 Å². The Morgan fingerprint density at radius 3 is 1.95 bits per heavy atom. The highest BCUT2D eigenvalue weighted by Crippen LogP contribution is 2.36. The van der Waals surface area contributed by atoms with Gasteiger partial charge in [-0.15, -0.1) is 0 Å². The lowest BCUT2D eigenvalue weighted by Gasteiger charge is -2.19. The average Bonchev–Trinajstić information content (AvgIpc) is 2.84.